The Hall–Kier alpha value is -2.84. The number of nitrogens with zero attached hydrogens (tertiary/aromatic N) is 3. The predicted molar refractivity (Wildman–Crippen MR) is 97.3 cm³/mol. The number of nitrogens with one attached hydrogen (secondary N) is 1. The Kier molecular flexibility index (Phi) is 4.40. The number of hydrogen-bond acceptors (Lipinski definition) is 3. The molecule has 0 saturated heterocycles. The van der Waals surface area contributed by atoms with Crippen LogP contribution in [-0.2, 0) is 0 Å². The fourth-order valence-corrected chi connectivity index (χ4v) is 3.88. The number of H-pyrrole nitrogens is 1. The van der Waals surface area contributed by atoms with Crippen molar-refractivity contribution in [1.82, 2.24) is 19.3 Å². The van der Waals surface area contributed by atoms with Crippen LogP contribution in [0.1, 0.15) is 54.2 Å². The van der Waals surface area contributed by atoms with Gasteiger partial charge in [-0.15, -0.1) is 13.2 Å². The minimum atomic E-state index is -4.77. The zero-order valence-electron chi connectivity index (χ0n) is 15.2. The van der Waals surface area contributed by atoms with Crippen molar-refractivity contribution in [2.24, 2.45) is 0 Å². The van der Waals surface area contributed by atoms with Gasteiger partial charge >= 0.3 is 6.30 Å². The van der Waals surface area contributed by atoms with Crippen LogP contribution in [0.5, 0.6) is 0 Å². The molecule has 1 amide bonds. The van der Waals surface area contributed by atoms with E-state index in [1.165, 1.54) is 24.4 Å². The minimum absolute atomic E-state index is 0.107. The Bertz CT molecular complexity index is 1110. The molecule has 148 valence electrons. The lowest BCUT2D eigenvalue weighted by Crippen LogP contribution is -2.39. The molecule has 1 saturated carbocycles. The summed E-state index contributed by atoms with van der Waals surface area (Å²) in [6.45, 7) is 0. The van der Waals surface area contributed by atoms with E-state index in [0.717, 1.165) is 37.9 Å². The second kappa shape index (κ2) is 6.65. The fourth-order valence-electron chi connectivity index (χ4n) is 3.88. The van der Waals surface area contributed by atoms with E-state index >= 15 is 0 Å². The average molecular weight is 392 g/mol. The molecule has 1 fully saturated rings. The maximum Gasteiger partial charge on any atom is 0.487 e. The van der Waals surface area contributed by atoms with Gasteiger partial charge in [-0.1, -0.05) is 19.3 Å². The van der Waals surface area contributed by atoms with Crippen LogP contribution in [0.4, 0.5) is 13.2 Å². The Morgan fingerprint density at radius 3 is 2.61 bits per heavy atom. The molecule has 28 heavy (non-hydrogen) atoms. The van der Waals surface area contributed by atoms with E-state index in [0.29, 0.717) is 23.6 Å². The lowest BCUT2D eigenvalue weighted by Gasteiger charge is -2.22. The van der Waals surface area contributed by atoms with Gasteiger partial charge in [0.2, 0.25) is 0 Å². The molecule has 6 nitrogen and oxygen atoms in total. The molecule has 1 aromatic carbocycles. The summed E-state index contributed by atoms with van der Waals surface area (Å²) in [6, 6.07) is 4.13. The van der Waals surface area contributed by atoms with Crippen molar-refractivity contribution >= 4 is 22.5 Å². The first-order valence-corrected chi connectivity index (χ1v) is 9.15. The summed E-state index contributed by atoms with van der Waals surface area (Å²) in [5.41, 5.74) is 0.798. The van der Waals surface area contributed by atoms with Crippen molar-refractivity contribution in [3.63, 3.8) is 0 Å². The van der Waals surface area contributed by atoms with Crippen LogP contribution < -0.4 is 5.56 Å². The van der Waals surface area contributed by atoms with Gasteiger partial charge in [-0.3, -0.25) is 18.9 Å². The molecule has 0 unspecified atom stereocenters. The van der Waals surface area contributed by atoms with Gasteiger partial charge in [-0.25, -0.2) is 4.98 Å². The van der Waals surface area contributed by atoms with Gasteiger partial charge in [-0.2, -0.15) is 0 Å². The smallest absolute Gasteiger partial charge is 0.319 e. The maximum atomic E-state index is 12.9. The Morgan fingerprint density at radius 2 is 1.93 bits per heavy atom. The summed E-state index contributed by atoms with van der Waals surface area (Å²) in [7, 11) is 0.694. The lowest BCUT2D eigenvalue weighted by atomic mass is 9.88. The summed E-state index contributed by atoms with van der Waals surface area (Å²) in [6.07, 6.45) is 1.91. The highest BCUT2D eigenvalue weighted by Gasteiger charge is 2.38. The number of halogens is 3. The highest BCUT2D eigenvalue weighted by Crippen LogP contribution is 2.33. The molecule has 1 aliphatic rings. The van der Waals surface area contributed by atoms with E-state index in [1.54, 1.807) is 4.40 Å². The number of amides is 1. The van der Waals surface area contributed by atoms with Crippen molar-refractivity contribution in [2.45, 2.75) is 44.3 Å². The largest absolute Gasteiger partial charge is 0.487 e. The molecule has 0 bridgehead atoms. The van der Waals surface area contributed by atoms with Crippen LogP contribution in [0.2, 0.25) is 0 Å². The van der Waals surface area contributed by atoms with Crippen molar-refractivity contribution in [1.29, 1.82) is 0 Å². The van der Waals surface area contributed by atoms with Crippen LogP contribution >= 0.6 is 0 Å². The third kappa shape index (κ3) is 3.04. The maximum absolute atomic E-state index is 12.9. The fraction of sp³-hybridized carbons (Fsp3) is 0.421. The third-order valence-electron chi connectivity index (χ3n) is 5.41. The number of carbonyl (C=O) groups is 1. The molecule has 0 aliphatic heterocycles. The molecule has 9 heteroatoms. The summed E-state index contributed by atoms with van der Waals surface area (Å²) in [5, 5.41) is 0. The summed E-state index contributed by atoms with van der Waals surface area (Å²) >= 11 is 0. The molecule has 0 spiro atoms. The summed E-state index contributed by atoms with van der Waals surface area (Å²) in [5.74, 6) is -0.258. The van der Waals surface area contributed by atoms with Crippen molar-refractivity contribution in [3.8, 4) is 0 Å². The second-order valence-electron chi connectivity index (χ2n) is 7.19. The first-order valence-electron chi connectivity index (χ1n) is 9.15. The first kappa shape index (κ1) is 18.5. The second-order valence-corrected chi connectivity index (χ2v) is 7.19. The van der Waals surface area contributed by atoms with Crippen LogP contribution in [0.15, 0.2) is 29.2 Å². The van der Waals surface area contributed by atoms with E-state index in [1.807, 2.05) is 0 Å². The molecule has 4 rings (SSSR count). The number of carbonyl (C=O) groups excluding carboxylic acids is 1. The van der Waals surface area contributed by atoms with E-state index in [-0.39, 0.29) is 21.9 Å². The predicted octanol–water partition coefficient (Wildman–Crippen LogP) is 3.82. The molecule has 2 aromatic heterocycles. The zero-order chi connectivity index (χ0) is 20.1. The van der Waals surface area contributed by atoms with Gasteiger partial charge in [0.15, 0.2) is 0 Å². The molecule has 0 atom stereocenters. The van der Waals surface area contributed by atoms with E-state index < -0.39 is 12.2 Å². The molecule has 0 radical (unpaired) electrons. The van der Waals surface area contributed by atoms with Crippen molar-refractivity contribution in [3.05, 3.63) is 46.1 Å². The minimum Gasteiger partial charge on any atom is -0.319 e. The van der Waals surface area contributed by atoms with Gasteiger partial charge in [0.1, 0.15) is 11.3 Å². The summed E-state index contributed by atoms with van der Waals surface area (Å²) in [4.78, 5) is 31.6. The molecular formula is C19H19F3N4O2. The highest BCUT2D eigenvalue weighted by atomic mass is 19.4. The molecular weight excluding hydrogens is 373 g/mol. The van der Waals surface area contributed by atoms with Crippen molar-refractivity contribution < 1.29 is 18.0 Å². The number of aromatic amines is 1. The zero-order valence-corrected chi connectivity index (χ0v) is 15.2. The van der Waals surface area contributed by atoms with Crippen LogP contribution in [-0.4, -0.2) is 38.5 Å². The standard InChI is InChI=1S/C19H19F3N4O2/c1-25(19(20,21)22)18(28)12-7-8-13-14(9-12)26-15(17(27)24-13)10-23-16(26)11-5-3-2-4-6-11/h7-11H,2-6H2,1H3,(H,24,27). The average Bonchev–Trinajstić information content (AvgIpc) is 3.13. The van der Waals surface area contributed by atoms with Crippen LogP contribution in [0.3, 0.4) is 0 Å². The molecule has 1 aliphatic carbocycles. The number of hydrogen-bond donors (Lipinski definition) is 1. The van der Waals surface area contributed by atoms with Gasteiger partial charge in [0.25, 0.3) is 11.5 Å². The first-order chi connectivity index (χ1) is 13.3. The summed E-state index contributed by atoms with van der Waals surface area (Å²) < 4.78 is 40.4. The molecule has 3 aromatic rings. The molecule has 2 heterocycles. The number of alkyl halides is 3. The van der Waals surface area contributed by atoms with Gasteiger partial charge < -0.3 is 4.98 Å². The lowest BCUT2D eigenvalue weighted by molar-refractivity contribution is -0.216. The number of imidazole rings is 1. The van der Waals surface area contributed by atoms with Crippen molar-refractivity contribution in [2.75, 3.05) is 7.05 Å². The topological polar surface area (TPSA) is 70.5 Å². The Morgan fingerprint density at radius 1 is 1.21 bits per heavy atom. The number of aromatic nitrogens is 3. The number of rotatable bonds is 2. The quantitative estimate of drug-likeness (QED) is 0.674. The monoisotopic (exact) mass is 392 g/mol. The Balaban J connectivity index is 1.91. The Labute approximate surface area is 158 Å². The third-order valence-corrected chi connectivity index (χ3v) is 5.41. The normalized spacial score (nSPS) is 16.0. The van der Waals surface area contributed by atoms with E-state index in [9.17, 15) is 22.8 Å². The highest BCUT2D eigenvalue weighted by molar-refractivity contribution is 5.97. The number of fused-ring (bicyclic) bond motifs is 3. The number of benzene rings is 1. The van der Waals surface area contributed by atoms with Gasteiger partial charge in [0, 0.05) is 18.5 Å². The van der Waals surface area contributed by atoms with E-state index in [2.05, 4.69) is 9.97 Å². The van der Waals surface area contributed by atoms with Crippen LogP contribution in [0, 0.1) is 0 Å². The SMILES string of the molecule is CN(C(=O)c1ccc2[nH]c(=O)c3cnc(C4CCCCC4)n3c2c1)C(F)(F)F. The van der Waals surface area contributed by atoms with Gasteiger partial charge in [-0.05, 0) is 31.0 Å². The van der Waals surface area contributed by atoms with Gasteiger partial charge in [0.05, 0.1) is 17.2 Å². The van der Waals surface area contributed by atoms with E-state index in [4.69, 9.17) is 0 Å². The molecule has 1 N–H and O–H groups in total. The van der Waals surface area contributed by atoms with Crippen LogP contribution in [0.25, 0.3) is 16.6 Å².